The Morgan fingerprint density at radius 2 is 2.04 bits per heavy atom. The molecular formula is C20H24N4O. The van der Waals surface area contributed by atoms with Crippen LogP contribution in [-0.4, -0.2) is 35.0 Å². The third-order valence-corrected chi connectivity index (χ3v) is 5.28. The molecule has 0 spiro atoms. The van der Waals surface area contributed by atoms with E-state index in [1.54, 1.807) is 0 Å². The zero-order valence-electron chi connectivity index (χ0n) is 14.9. The molecule has 5 nitrogen and oxygen atoms in total. The van der Waals surface area contributed by atoms with Crippen molar-refractivity contribution in [3.05, 3.63) is 47.9 Å². The monoisotopic (exact) mass is 336 g/mol. The molecule has 2 aliphatic rings. The first-order valence-corrected chi connectivity index (χ1v) is 9.12. The van der Waals surface area contributed by atoms with E-state index in [0.29, 0.717) is 11.6 Å². The normalized spacial score (nSPS) is 22.8. The van der Waals surface area contributed by atoms with E-state index in [1.165, 1.54) is 24.7 Å². The van der Waals surface area contributed by atoms with E-state index in [0.717, 1.165) is 31.0 Å². The van der Waals surface area contributed by atoms with Gasteiger partial charge in [-0.15, -0.1) is 0 Å². The molecule has 4 rings (SSSR count). The number of fused-ring (bicyclic) bond motifs is 1. The number of benzene rings is 1. The fraction of sp³-hybridized carbons (Fsp3) is 0.450. The summed E-state index contributed by atoms with van der Waals surface area (Å²) >= 11 is 0. The summed E-state index contributed by atoms with van der Waals surface area (Å²) in [5, 5.41) is 0. The van der Waals surface area contributed by atoms with Gasteiger partial charge in [-0.25, -0.2) is 9.97 Å². The molecule has 2 aliphatic heterocycles. The number of carbonyl (C=O) groups is 1. The summed E-state index contributed by atoms with van der Waals surface area (Å²) < 4.78 is 0. The molecule has 1 saturated heterocycles. The summed E-state index contributed by atoms with van der Waals surface area (Å²) in [6.07, 6.45) is 4.85. The number of hydrogen-bond acceptors (Lipinski definition) is 4. The predicted molar refractivity (Wildman–Crippen MR) is 99.1 cm³/mol. The summed E-state index contributed by atoms with van der Waals surface area (Å²) in [5.41, 5.74) is 2.71. The summed E-state index contributed by atoms with van der Waals surface area (Å²) in [6.45, 7) is 6.35. The molecule has 2 aromatic rings. The van der Waals surface area contributed by atoms with Crippen molar-refractivity contribution in [3.63, 3.8) is 0 Å². The van der Waals surface area contributed by atoms with Crippen LogP contribution in [0.15, 0.2) is 36.7 Å². The van der Waals surface area contributed by atoms with Gasteiger partial charge in [-0.3, -0.25) is 4.79 Å². The maximum atomic E-state index is 13.1. The SMILES string of the molecule is CC1CCCN(c2cc(C(=O)N3c4ccccc4CC3C)ncn2)C1. The van der Waals surface area contributed by atoms with Gasteiger partial charge in [0.1, 0.15) is 17.8 Å². The van der Waals surface area contributed by atoms with E-state index in [4.69, 9.17) is 0 Å². The zero-order valence-corrected chi connectivity index (χ0v) is 14.9. The topological polar surface area (TPSA) is 49.3 Å². The van der Waals surface area contributed by atoms with E-state index in [1.807, 2.05) is 29.2 Å². The average Bonchev–Trinajstić information content (AvgIpc) is 2.97. The van der Waals surface area contributed by atoms with E-state index < -0.39 is 0 Å². The van der Waals surface area contributed by atoms with Crippen LogP contribution >= 0.6 is 0 Å². The molecule has 25 heavy (non-hydrogen) atoms. The maximum Gasteiger partial charge on any atom is 0.277 e. The minimum atomic E-state index is -0.0360. The van der Waals surface area contributed by atoms with Crippen molar-refractivity contribution >= 4 is 17.4 Å². The van der Waals surface area contributed by atoms with Crippen molar-refractivity contribution in [2.75, 3.05) is 22.9 Å². The van der Waals surface area contributed by atoms with Gasteiger partial charge in [0.25, 0.3) is 5.91 Å². The number of piperidine rings is 1. The standard InChI is InChI=1S/C20H24N4O/c1-14-6-5-9-23(12-14)19-11-17(21-13-22-19)20(25)24-15(2)10-16-7-3-4-8-18(16)24/h3-4,7-8,11,13-15H,5-6,9-10,12H2,1-2H3. The Hall–Kier alpha value is -2.43. The molecule has 2 atom stereocenters. The van der Waals surface area contributed by atoms with Gasteiger partial charge in [0, 0.05) is 30.9 Å². The second-order valence-corrected chi connectivity index (χ2v) is 7.31. The van der Waals surface area contributed by atoms with Gasteiger partial charge in [-0.05, 0) is 43.7 Å². The molecule has 0 saturated carbocycles. The Bertz CT molecular complexity index is 791. The van der Waals surface area contributed by atoms with Gasteiger partial charge in [0.2, 0.25) is 0 Å². The van der Waals surface area contributed by atoms with E-state index in [-0.39, 0.29) is 11.9 Å². The smallest absolute Gasteiger partial charge is 0.277 e. The molecule has 1 aromatic heterocycles. The van der Waals surface area contributed by atoms with Crippen molar-refractivity contribution in [3.8, 4) is 0 Å². The highest BCUT2D eigenvalue weighted by atomic mass is 16.2. The number of hydrogen-bond donors (Lipinski definition) is 0. The molecule has 0 bridgehead atoms. The highest BCUT2D eigenvalue weighted by molar-refractivity contribution is 6.06. The summed E-state index contributed by atoms with van der Waals surface area (Å²) in [4.78, 5) is 26.0. The minimum Gasteiger partial charge on any atom is -0.356 e. The quantitative estimate of drug-likeness (QED) is 0.844. The molecule has 1 amide bonds. The third kappa shape index (κ3) is 2.99. The number of rotatable bonds is 2. The number of anilines is 2. The highest BCUT2D eigenvalue weighted by Crippen LogP contribution is 2.33. The van der Waals surface area contributed by atoms with Gasteiger partial charge in [0.05, 0.1) is 0 Å². The van der Waals surface area contributed by atoms with Crippen LogP contribution in [0.2, 0.25) is 0 Å². The predicted octanol–water partition coefficient (Wildman–Crippen LogP) is 3.30. The molecule has 0 N–H and O–H groups in total. The molecule has 0 aliphatic carbocycles. The van der Waals surface area contributed by atoms with Crippen molar-refractivity contribution in [2.24, 2.45) is 5.92 Å². The van der Waals surface area contributed by atoms with Crippen LogP contribution in [0.5, 0.6) is 0 Å². The molecule has 130 valence electrons. The first kappa shape index (κ1) is 16.1. The fourth-order valence-corrected chi connectivity index (χ4v) is 4.03. The number of nitrogens with zero attached hydrogens (tertiary/aromatic N) is 4. The van der Waals surface area contributed by atoms with Gasteiger partial charge in [-0.2, -0.15) is 0 Å². The fourth-order valence-electron chi connectivity index (χ4n) is 4.03. The summed E-state index contributed by atoms with van der Waals surface area (Å²) in [7, 11) is 0. The second-order valence-electron chi connectivity index (χ2n) is 7.31. The first-order valence-electron chi connectivity index (χ1n) is 9.12. The average molecular weight is 336 g/mol. The molecule has 1 aromatic carbocycles. The van der Waals surface area contributed by atoms with Crippen LogP contribution in [0.4, 0.5) is 11.5 Å². The third-order valence-electron chi connectivity index (χ3n) is 5.28. The molecule has 0 radical (unpaired) electrons. The molecular weight excluding hydrogens is 312 g/mol. The van der Waals surface area contributed by atoms with Gasteiger partial charge < -0.3 is 9.80 Å². The summed E-state index contributed by atoms with van der Waals surface area (Å²) in [5.74, 6) is 1.49. The number of aromatic nitrogens is 2. The van der Waals surface area contributed by atoms with Crippen molar-refractivity contribution in [2.45, 2.75) is 39.2 Å². The Kier molecular flexibility index (Phi) is 4.15. The van der Waals surface area contributed by atoms with Crippen LogP contribution in [-0.2, 0) is 6.42 Å². The van der Waals surface area contributed by atoms with Crippen LogP contribution in [0.3, 0.4) is 0 Å². The van der Waals surface area contributed by atoms with Crippen molar-refractivity contribution in [1.29, 1.82) is 0 Å². The van der Waals surface area contributed by atoms with Crippen LogP contribution in [0, 0.1) is 5.92 Å². The minimum absolute atomic E-state index is 0.0360. The Morgan fingerprint density at radius 1 is 1.20 bits per heavy atom. The Morgan fingerprint density at radius 3 is 2.88 bits per heavy atom. The Labute approximate surface area is 148 Å². The van der Waals surface area contributed by atoms with Gasteiger partial charge >= 0.3 is 0 Å². The second kappa shape index (κ2) is 6.47. The van der Waals surface area contributed by atoms with Gasteiger partial charge in [-0.1, -0.05) is 25.1 Å². The number of amides is 1. The van der Waals surface area contributed by atoms with Gasteiger partial charge in [0.15, 0.2) is 0 Å². The zero-order chi connectivity index (χ0) is 17.4. The molecule has 1 fully saturated rings. The lowest BCUT2D eigenvalue weighted by atomic mass is 10.0. The van der Waals surface area contributed by atoms with Crippen molar-refractivity contribution in [1.82, 2.24) is 9.97 Å². The number of carbonyl (C=O) groups excluding carboxylic acids is 1. The van der Waals surface area contributed by atoms with Crippen molar-refractivity contribution < 1.29 is 4.79 Å². The van der Waals surface area contributed by atoms with E-state index in [2.05, 4.69) is 34.8 Å². The summed E-state index contributed by atoms with van der Waals surface area (Å²) in [6, 6.07) is 10.1. The first-order chi connectivity index (χ1) is 12.1. The van der Waals surface area contributed by atoms with Crippen LogP contribution in [0.25, 0.3) is 0 Å². The van der Waals surface area contributed by atoms with Crippen LogP contribution in [0.1, 0.15) is 42.7 Å². The molecule has 2 unspecified atom stereocenters. The Balaban J connectivity index is 1.62. The number of para-hydroxylation sites is 1. The lowest BCUT2D eigenvalue weighted by molar-refractivity contribution is 0.0976. The van der Waals surface area contributed by atoms with E-state index in [9.17, 15) is 4.79 Å². The van der Waals surface area contributed by atoms with Crippen LogP contribution < -0.4 is 9.80 Å². The lowest BCUT2D eigenvalue weighted by Crippen LogP contribution is -2.37. The molecule has 5 heteroatoms. The lowest BCUT2D eigenvalue weighted by Gasteiger charge is -2.32. The largest absolute Gasteiger partial charge is 0.356 e. The maximum absolute atomic E-state index is 13.1. The van der Waals surface area contributed by atoms with E-state index >= 15 is 0 Å². The highest BCUT2D eigenvalue weighted by Gasteiger charge is 2.32. The molecule has 3 heterocycles.